The van der Waals surface area contributed by atoms with Crippen LogP contribution >= 0.6 is 11.6 Å². The first-order valence-electron chi connectivity index (χ1n) is 5.36. The van der Waals surface area contributed by atoms with E-state index < -0.39 is 18.8 Å². The Morgan fingerprint density at radius 3 is 2.63 bits per heavy atom. The lowest BCUT2D eigenvalue weighted by molar-refractivity contribution is -0.198. The molecule has 0 aromatic carbocycles. The molecule has 1 rings (SSSR count). The molecule has 0 radical (unpaired) electrons. The number of hydrogen-bond acceptors (Lipinski definition) is 6. The molecule has 1 atom stereocenters. The molecule has 0 aliphatic rings. The van der Waals surface area contributed by atoms with Gasteiger partial charge in [-0.15, -0.1) is 0 Å². The number of ether oxygens (including phenoxy) is 1. The Balaban J connectivity index is 2.65. The first-order chi connectivity index (χ1) is 8.82. The van der Waals surface area contributed by atoms with Crippen molar-refractivity contribution in [3.8, 4) is 6.01 Å². The van der Waals surface area contributed by atoms with Crippen molar-refractivity contribution >= 4 is 17.5 Å². The van der Waals surface area contributed by atoms with Gasteiger partial charge in [-0.25, -0.2) is 0 Å². The SMILES string of the molecule is CCCOc1nc(Cl)nc(NCC(O)C(F)(F)F)n1. The van der Waals surface area contributed by atoms with Crippen LogP contribution in [0.25, 0.3) is 0 Å². The molecule has 6 nitrogen and oxygen atoms in total. The van der Waals surface area contributed by atoms with Crippen molar-refractivity contribution in [1.29, 1.82) is 0 Å². The van der Waals surface area contributed by atoms with Gasteiger partial charge in [0.15, 0.2) is 6.10 Å². The minimum absolute atomic E-state index is 0.0918. The maximum atomic E-state index is 12.1. The Bertz CT molecular complexity index is 419. The van der Waals surface area contributed by atoms with Gasteiger partial charge >= 0.3 is 12.2 Å². The zero-order valence-corrected chi connectivity index (χ0v) is 10.7. The fourth-order valence-electron chi connectivity index (χ4n) is 0.973. The van der Waals surface area contributed by atoms with Crippen LogP contribution in [0.1, 0.15) is 13.3 Å². The summed E-state index contributed by atoms with van der Waals surface area (Å²) in [5.74, 6) is -0.200. The van der Waals surface area contributed by atoms with E-state index in [2.05, 4.69) is 20.3 Å². The average Bonchev–Trinajstić information content (AvgIpc) is 2.31. The summed E-state index contributed by atoms with van der Waals surface area (Å²) in [6, 6.07) is -0.0918. The van der Waals surface area contributed by atoms with Gasteiger partial charge in [-0.1, -0.05) is 6.92 Å². The summed E-state index contributed by atoms with van der Waals surface area (Å²) in [5, 5.41) is 10.8. The minimum Gasteiger partial charge on any atom is -0.463 e. The van der Waals surface area contributed by atoms with E-state index in [1.807, 2.05) is 6.92 Å². The number of aromatic nitrogens is 3. The smallest absolute Gasteiger partial charge is 0.416 e. The van der Waals surface area contributed by atoms with Crippen LogP contribution in [0.4, 0.5) is 19.1 Å². The maximum absolute atomic E-state index is 12.1. The van der Waals surface area contributed by atoms with E-state index in [0.717, 1.165) is 0 Å². The molecule has 2 N–H and O–H groups in total. The second kappa shape index (κ2) is 6.71. The molecule has 0 saturated carbocycles. The summed E-state index contributed by atoms with van der Waals surface area (Å²) in [6.07, 6.45) is -6.53. The highest BCUT2D eigenvalue weighted by Crippen LogP contribution is 2.20. The quantitative estimate of drug-likeness (QED) is 0.831. The Morgan fingerprint density at radius 2 is 2.05 bits per heavy atom. The molecular weight excluding hydrogens is 289 g/mol. The summed E-state index contributed by atoms with van der Waals surface area (Å²) in [5.41, 5.74) is 0. The minimum atomic E-state index is -4.72. The second-order valence-electron chi connectivity index (χ2n) is 3.50. The maximum Gasteiger partial charge on any atom is 0.416 e. The molecule has 0 aliphatic carbocycles. The van der Waals surface area contributed by atoms with Crippen LogP contribution in [-0.2, 0) is 0 Å². The first kappa shape index (κ1) is 15.7. The number of hydrogen-bond donors (Lipinski definition) is 2. The van der Waals surface area contributed by atoms with Gasteiger partial charge in [0.2, 0.25) is 11.2 Å². The van der Waals surface area contributed by atoms with Crippen LogP contribution in [0.5, 0.6) is 6.01 Å². The van der Waals surface area contributed by atoms with Crippen molar-refractivity contribution in [2.24, 2.45) is 0 Å². The number of alkyl halides is 3. The molecule has 1 aromatic rings. The van der Waals surface area contributed by atoms with Gasteiger partial charge in [-0.3, -0.25) is 0 Å². The van der Waals surface area contributed by atoms with E-state index in [1.54, 1.807) is 0 Å². The highest BCUT2D eigenvalue weighted by Gasteiger charge is 2.38. The molecule has 0 saturated heterocycles. The summed E-state index contributed by atoms with van der Waals surface area (Å²) in [6.45, 7) is 1.41. The van der Waals surface area contributed by atoms with E-state index in [9.17, 15) is 13.2 Å². The van der Waals surface area contributed by atoms with E-state index in [-0.39, 0.29) is 17.2 Å². The van der Waals surface area contributed by atoms with Gasteiger partial charge < -0.3 is 15.2 Å². The third-order valence-electron chi connectivity index (χ3n) is 1.85. The van der Waals surface area contributed by atoms with E-state index in [0.29, 0.717) is 13.0 Å². The van der Waals surface area contributed by atoms with Gasteiger partial charge in [-0.2, -0.15) is 28.1 Å². The summed E-state index contributed by atoms with van der Waals surface area (Å²) in [7, 11) is 0. The third-order valence-corrected chi connectivity index (χ3v) is 2.02. The molecule has 0 aliphatic heterocycles. The zero-order valence-electron chi connectivity index (χ0n) is 9.91. The van der Waals surface area contributed by atoms with E-state index in [4.69, 9.17) is 21.4 Å². The lowest BCUT2D eigenvalue weighted by atomic mass is 10.3. The monoisotopic (exact) mass is 300 g/mol. The molecule has 0 fully saturated rings. The van der Waals surface area contributed by atoms with E-state index >= 15 is 0 Å². The lowest BCUT2D eigenvalue weighted by Crippen LogP contribution is -2.35. The Kier molecular flexibility index (Phi) is 5.55. The van der Waals surface area contributed by atoms with Gasteiger partial charge in [-0.05, 0) is 18.0 Å². The molecule has 0 amide bonds. The zero-order chi connectivity index (χ0) is 14.5. The molecule has 108 valence electrons. The van der Waals surface area contributed by atoms with Crippen LogP contribution in [0.3, 0.4) is 0 Å². The molecule has 10 heteroatoms. The molecule has 19 heavy (non-hydrogen) atoms. The molecular formula is C9H12ClF3N4O2. The standard InChI is InChI=1S/C9H12ClF3N4O2/c1-2-3-19-8-16-6(10)15-7(17-8)14-4-5(18)9(11,12)13/h5,18H,2-4H2,1H3,(H,14,15,16,17). The van der Waals surface area contributed by atoms with Crippen molar-refractivity contribution in [3.63, 3.8) is 0 Å². The van der Waals surface area contributed by atoms with Crippen molar-refractivity contribution in [1.82, 2.24) is 15.0 Å². The number of rotatable bonds is 6. The number of halogens is 4. The lowest BCUT2D eigenvalue weighted by Gasteiger charge is -2.15. The Hall–Kier alpha value is -1.35. The number of anilines is 1. The molecule has 0 bridgehead atoms. The molecule has 1 aromatic heterocycles. The summed E-state index contributed by atoms with van der Waals surface area (Å²) in [4.78, 5) is 10.9. The number of aliphatic hydroxyl groups excluding tert-OH is 1. The van der Waals surface area contributed by atoms with Crippen molar-refractivity contribution in [3.05, 3.63) is 5.28 Å². The normalized spacial score (nSPS) is 13.2. The van der Waals surface area contributed by atoms with Crippen LogP contribution < -0.4 is 10.1 Å². The number of nitrogens with one attached hydrogen (secondary N) is 1. The number of aliphatic hydroxyl groups is 1. The van der Waals surface area contributed by atoms with Gasteiger partial charge in [0.1, 0.15) is 0 Å². The van der Waals surface area contributed by atoms with Crippen molar-refractivity contribution in [2.45, 2.75) is 25.6 Å². The molecule has 0 spiro atoms. The predicted molar refractivity (Wildman–Crippen MR) is 61.2 cm³/mol. The van der Waals surface area contributed by atoms with Crippen LogP contribution in [0.2, 0.25) is 5.28 Å². The van der Waals surface area contributed by atoms with Crippen molar-refractivity contribution in [2.75, 3.05) is 18.5 Å². The van der Waals surface area contributed by atoms with E-state index in [1.165, 1.54) is 0 Å². The largest absolute Gasteiger partial charge is 0.463 e. The van der Waals surface area contributed by atoms with Gasteiger partial charge in [0.25, 0.3) is 0 Å². The highest BCUT2D eigenvalue weighted by molar-refractivity contribution is 6.28. The predicted octanol–water partition coefficient (Wildman–Crippen LogP) is 1.65. The van der Waals surface area contributed by atoms with Crippen LogP contribution in [0, 0.1) is 0 Å². The topological polar surface area (TPSA) is 80.2 Å². The number of nitrogens with zero attached hydrogens (tertiary/aromatic N) is 3. The summed E-state index contributed by atoms with van der Waals surface area (Å²) < 4.78 is 41.3. The fourth-order valence-corrected chi connectivity index (χ4v) is 1.12. The Labute approximate surface area is 112 Å². The Morgan fingerprint density at radius 1 is 1.37 bits per heavy atom. The van der Waals surface area contributed by atoms with Crippen LogP contribution in [0.15, 0.2) is 0 Å². The molecule has 1 unspecified atom stereocenters. The third kappa shape index (κ3) is 5.43. The van der Waals surface area contributed by atoms with Crippen molar-refractivity contribution < 1.29 is 23.0 Å². The second-order valence-corrected chi connectivity index (χ2v) is 3.84. The van der Waals surface area contributed by atoms with Gasteiger partial charge in [0.05, 0.1) is 13.2 Å². The van der Waals surface area contributed by atoms with Crippen LogP contribution in [-0.4, -0.2) is 45.5 Å². The highest BCUT2D eigenvalue weighted by atomic mass is 35.5. The fraction of sp³-hybridized carbons (Fsp3) is 0.667. The first-order valence-corrected chi connectivity index (χ1v) is 5.73. The molecule has 1 heterocycles. The summed E-state index contributed by atoms with van der Waals surface area (Å²) >= 11 is 5.57. The average molecular weight is 301 g/mol. The van der Waals surface area contributed by atoms with Gasteiger partial charge in [0, 0.05) is 0 Å².